The van der Waals surface area contributed by atoms with Gasteiger partial charge in [-0.15, -0.1) is 0 Å². The van der Waals surface area contributed by atoms with Crippen molar-refractivity contribution in [1.29, 1.82) is 0 Å². The molecule has 0 fully saturated rings. The Morgan fingerprint density at radius 2 is 1.86 bits per heavy atom. The maximum atomic E-state index is 14.1. The summed E-state index contributed by atoms with van der Waals surface area (Å²) < 4.78 is 15.3. The van der Waals surface area contributed by atoms with Gasteiger partial charge in [-0.05, 0) is 37.3 Å². The summed E-state index contributed by atoms with van der Waals surface area (Å²) in [5, 5.41) is 6.79. The number of hydrogen-bond acceptors (Lipinski definition) is 5. The number of amides is 1. The summed E-state index contributed by atoms with van der Waals surface area (Å²) in [5.74, 6) is -0.223. The van der Waals surface area contributed by atoms with Gasteiger partial charge in [0.05, 0.1) is 6.20 Å². The van der Waals surface area contributed by atoms with E-state index in [9.17, 15) is 9.18 Å². The summed E-state index contributed by atoms with van der Waals surface area (Å²) in [6.07, 6.45) is 3.08. The molecule has 4 rings (SSSR count). The van der Waals surface area contributed by atoms with Gasteiger partial charge in [0.1, 0.15) is 28.7 Å². The smallest absolute Gasteiger partial charge is 0.275 e. The van der Waals surface area contributed by atoms with Crippen molar-refractivity contribution in [2.24, 2.45) is 0 Å². The van der Waals surface area contributed by atoms with Crippen molar-refractivity contribution < 1.29 is 9.18 Å². The van der Waals surface area contributed by atoms with Crippen LogP contribution in [-0.2, 0) is 0 Å². The lowest BCUT2D eigenvalue weighted by Gasteiger charge is -2.10. The molecule has 8 heteroatoms. The summed E-state index contributed by atoms with van der Waals surface area (Å²) in [5.41, 5.74) is 1.64. The van der Waals surface area contributed by atoms with E-state index in [-0.39, 0.29) is 11.4 Å². The largest absolute Gasteiger partial charge is 0.305 e. The number of para-hydroxylation sites is 1. The van der Waals surface area contributed by atoms with Crippen LogP contribution in [0.25, 0.3) is 17.2 Å². The first-order chi connectivity index (χ1) is 13.6. The molecule has 4 aromatic rings. The molecule has 0 aliphatic carbocycles. The number of pyridine rings is 1. The summed E-state index contributed by atoms with van der Waals surface area (Å²) in [4.78, 5) is 25.7. The molecule has 0 saturated carbocycles. The molecule has 7 nitrogen and oxygen atoms in total. The van der Waals surface area contributed by atoms with Crippen LogP contribution in [0.1, 0.15) is 16.2 Å². The van der Waals surface area contributed by atoms with E-state index in [1.807, 2.05) is 6.07 Å². The normalized spacial score (nSPS) is 10.6. The molecule has 3 heterocycles. The highest BCUT2D eigenvalue weighted by molar-refractivity contribution is 6.03. The molecule has 0 radical (unpaired) electrons. The van der Waals surface area contributed by atoms with Gasteiger partial charge >= 0.3 is 0 Å². The van der Waals surface area contributed by atoms with E-state index in [1.165, 1.54) is 23.0 Å². The molecule has 0 unspecified atom stereocenters. The van der Waals surface area contributed by atoms with Gasteiger partial charge < -0.3 is 5.32 Å². The Bertz CT molecular complexity index is 1140. The molecule has 0 aliphatic heterocycles. The average Bonchev–Trinajstić information content (AvgIpc) is 3.18. The van der Waals surface area contributed by atoms with E-state index >= 15 is 0 Å². The number of benzene rings is 1. The van der Waals surface area contributed by atoms with Crippen LogP contribution in [0.15, 0.2) is 67.0 Å². The highest BCUT2D eigenvalue weighted by Gasteiger charge is 2.17. The fourth-order valence-corrected chi connectivity index (χ4v) is 2.71. The minimum Gasteiger partial charge on any atom is -0.305 e. The van der Waals surface area contributed by atoms with Crippen LogP contribution in [0.5, 0.6) is 0 Å². The van der Waals surface area contributed by atoms with E-state index in [2.05, 4.69) is 25.4 Å². The van der Waals surface area contributed by atoms with Crippen molar-refractivity contribution in [3.63, 3.8) is 0 Å². The van der Waals surface area contributed by atoms with Gasteiger partial charge in [0.2, 0.25) is 0 Å². The van der Waals surface area contributed by atoms with Crippen LogP contribution in [-0.4, -0.2) is 30.6 Å². The summed E-state index contributed by atoms with van der Waals surface area (Å²) in [6.45, 7) is 1.80. The quantitative estimate of drug-likeness (QED) is 0.592. The van der Waals surface area contributed by atoms with Gasteiger partial charge in [0, 0.05) is 18.0 Å². The number of rotatable bonds is 4. The van der Waals surface area contributed by atoms with E-state index in [4.69, 9.17) is 0 Å². The molecular formula is C20H15FN6O. The van der Waals surface area contributed by atoms with Crippen LogP contribution in [0.2, 0.25) is 0 Å². The molecule has 0 spiro atoms. The van der Waals surface area contributed by atoms with E-state index in [0.29, 0.717) is 23.0 Å². The van der Waals surface area contributed by atoms with Gasteiger partial charge in [0.15, 0.2) is 5.82 Å². The number of carbonyl (C=O) groups excluding carboxylic acids is 1. The molecule has 1 aromatic carbocycles. The van der Waals surface area contributed by atoms with Crippen molar-refractivity contribution in [2.45, 2.75) is 6.92 Å². The maximum Gasteiger partial charge on any atom is 0.275 e. The van der Waals surface area contributed by atoms with Gasteiger partial charge in [-0.1, -0.05) is 18.2 Å². The molecule has 138 valence electrons. The standard InChI is InChI=1S/C20H15FN6O/c1-13-12-18(25-19(24-13)15-7-4-5-10-22-15)26-20(28)17-9-11-23-27(17)16-8-3-2-6-14(16)21/h2-12H,1H3,(H,24,25,26,28). The third-order valence-electron chi connectivity index (χ3n) is 3.95. The number of aryl methyl sites for hydroxylation is 1. The number of aromatic nitrogens is 5. The summed E-state index contributed by atoms with van der Waals surface area (Å²) in [6, 6.07) is 14.7. The molecule has 0 saturated heterocycles. The molecule has 0 aliphatic rings. The molecule has 1 N–H and O–H groups in total. The SMILES string of the molecule is Cc1cc(NC(=O)c2ccnn2-c2ccccc2F)nc(-c2ccccn2)n1. The Kier molecular flexibility index (Phi) is 4.59. The van der Waals surface area contributed by atoms with Crippen molar-refractivity contribution in [2.75, 3.05) is 5.32 Å². The lowest BCUT2D eigenvalue weighted by atomic mass is 10.3. The lowest BCUT2D eigenvalue weighted by Crippen LogP contribution is -2.18. The van der Waals surface area contributed by atoms with Crippen molar-refractivity contribution in [3.05, 3.63) is 84.2 Å². The Morgan fingerprint density at radius 1 is 1.04 bits per heavy atom. The molecule has 3 aromatic heterocycles. The second-order valence-corrected chi connectivity index (χ2v) is 5.97. The fraction of sp³-hybridized carbons (Fsp3) is 0.0500. The first kappa shape index (κ1) is 17.5. The number of nitrogens with one attached hydrogen (secondary N) is 1. The van der Waals surface area contributed by atoms with E-state index in [1.54, 1.807) is 49.5 Å². The topological polar surface area (TPSA) is 85.6 Å². The van der Waals surface area contributed by atoms with E-state index < -0.39 is 11.7 Å². The number of nitrogens with zero attached hydrogens (tertiary/aromatic N) is 5. The zero-order chi connectivity index (χ0) is 19.5. The molecular weight excluding hydrogens is 359 g/mol. The first-order valence-electron chi connectivity index (χ1n) is 8.49. The zero-order valence-electron chi connectivity index (χ0n) is 14.9. The Morgan fingerprint density at radius 3 is 2.64 bits per heavy atom. The third kappa shape index (κ3) is 3.48. The third-order valence-corrected chi connectivity index (χ3v) is 3.95. The Labute approximate surface area is 159 Å². The minimum absolute atomic E-state index is 0.181. The second kappa shape index (κ2) is 7.36. The molecule has 28 heavy (non-hydrogen) atoms. The van der Waals surface area contributed by atoms with E-state index in [0.717, 1.165) is 0 Å². The second-order valence-electron chi connectivity index (χ2n) is 5.97. The summed E-state index contributed by atoms with van der Waals surface area (Å²) >= 11 is 0. The highest BCUT2D eigenvalue weighted by Crippen LogP contribution is 2.18. The number of halogens is 1. The highest BCUT2D eigenvalue weighted by atomic mass is 19.1. The summed E-state index contributed by atoms with van der Waals surface area (Å²) in [7, 11) is 0. The van der Waals surface area contributed by atoms with Gasteiger partial charge in [-0.2, -0.15) is 5.10 Å². The molecule has 1 amide bonds. The van der Waals surface area contributed by atoms with Crippen LogP contribution in [0.4, 0.5) is 10.2 Å². The fourth-order valence-electron chi connectivity index (χ4n) is 2.71. The van der Waals surface area contributed by atoms with Crippen LogP contribution >= 0.6 is 0 Å². The van der Waals surface area contributed by atoms with Gasteiger partial charge in [0.25, 0.3) is 5.91 Å². The zero-order valence-corrected chi connectivity index (χ0v) is 14.9. The first-order valence-corrected chi connectivity index (χ1v) is 8.49. The number of hydrogen-bond donors (Lipinski definition) is 1. The lowest BCUT2D eigenvalue weighted by molar-refractivity contribution is 0.101. The van der Waals surface area contributed by atoms with Gasteiger partial charge in [-0.25, -0.2) is 19.0 Å². The Hall–Kier alpha value is -3.94. The number of carbonyl (C=O) groups is 1. The van der Waals surface area contributed by atoms with Crippen molar-refractivity contribution >= 4 is 11.7 Å². The predicted molar refractivity (Wildman–Crippen MR) is 101 cm³/mol. The Balaban J connectivity index is 1.65. The minimum atomic E-state index is -0.476. The van der Waals surface area contributed by atoms with Crippen molar-refractivity contribution in [3.8, 4) is 17.2 Å². The predicted octanol–water partition coefficient (Wildman–Crippen LogP) is 3.42. The average molecular weight is 374 g/mol. The van der Waals surface area contributed by atoms with Crippen molar-refractivity contribution in [1.82, 2.24) is 24.7 Å². The van der Waals surface area contributed by atoms with Crippen LogP contribution in [0, 0.1) is 12.7 Å². The van der Waals surface area contributed by atoms with Crippen LogP contribution < -0.4 is 5.32 Å². The maximum absolute atomic E-state index is 14.1. The van der Waals surface area contributed by atoms with Crippen LogP contribution in [0.3, 0.4) is 0 Å². The molecule has 0 atom stereocenters. The molecule has 0 bridgehead atoms. The number of anilines is 1. The monoisotopic (exact) mass is 374 g/mol. The van der Waals surface area contributed by atoms with Gasteiger partial charge in [-0.3, -0.25) is 9.78 Å².